The smallest absolute Gasteiger partial charge is 0.315 e. The molecule has 3 atom stereocenters. The second-order valence-corrected chi connectivity index (χ2v) is 7.96. The van der Waals surface area contributed by atoms with Crippen molar-refractivity contribution in [3.05, 3.63) is 71.8 Å². The molecule has 0 radical (unpaired) electrons. The van der Waals surface area contributed by atoms with Gasteiger partial charge in [-0.15, -0.1) is 12.4 Å². The van der Waals surface area contributed by atoms with E-state index >= 15 is 0 Å². The Morgan fingerprint density at radius 3 is 2.23 bits per heavy atom. The van der Waals surface area contributed by atoms with Gasteiger partial charge in [-0.3, -0.25) is 4.79 Å². The summed E-state index contributed by atoms with van der Waals surface area (Å²) in [4.78, 5) is 27.3. The summed E-state index contributed by atoms with van der Waals surface area (Å²) < 4.78 is 0. The molecule has 3 amide bonds. The van der Waals surface area contributed by atoms with Crippen molar-refractivity contribution in [2.24, 2.45) is 11.7 Å². The zero-order valence-electron chi connectivity index (χ0n) is 17.5. The molecule has 7 heteroatoms. The Morgan fingerprint density at radius 1 is 1.03 bits per heavy atom. The molecule has 1 heterocycles. The Labute approximate surface area is 184 Å². The van der Waals surface area contributed by atoms with Gasteiger partial charge in [0.15, 0.2) is 0 Å². The summed E-state index contributed by atoms with van der Waals surface area (Å²) in [6.07, 6.45) is 0. The summed E-state index contributed by atoms with van der Waals surface area (Å²) in [5, 5.41) is 5.68. The van der Waals surface area contributed by atoms with Gasteiger partial charge in [-0.05, 0) is 17.0 Å². The van der Waals surface area contributed by atoms with Crippen LogP contribution in [0.5, 0.6) is 0 Å². The molecule has 30 heavy (non-hydrogen) atoms. The molecule has 0 aliphatic carbocycles. The van der Waals surface area contributed by atoms with Crippen LogP contribution in [-0.2, 0) is 11.3 Å². The molecular formula is C23H31ClN4O2. The summed E-state index contributed by atoms with van der Waals surface area (Å²) in [7, 11) is 0. The van der Waals surface area contributed by atoms with E-state index in [2.05, 4.69) is 10.6 Å². The number of amides is 3. The summed E-state index contributed by atoms with van der Waals surface area (Å²) in [5.41, 5.74) is 8.48. The van der Waals surface area contributed by atoms with Gasteiger partial charge in [0.25, 0.3) is 0 Å². The van der Waals surface area contributed by atoms with Gasteiger partial charge >= 0.3 is 6.03 Å². The Kier molecular flexibility index (Phi) is 8.69. The molecule has 1 saturated heterocycles. The molecule has 0 spiro atoms. The van der Waals surface area contributed by atoms with Gasteiger partial charge in [0.1, 0.15) is 6.04 Å². The van der Waals surface area contributed by atoms with Crippen LogP contribution in [0.25, 0.3) is 0 Å². The van der Waals surface area contributed by atoms with E-state index in [1.807, 2.05) is 74.5 Å². The van der Waals surface area contributed by atoms with Crippen molar-refractivity contribution in [2.45, 2.75) is 38.4 Å². The van der Waals surface area contributed by atoms with Gasteiger partial charge in [0.05, 0.1) is 0 Å². The van der Waals surface area contributed by atoms with E-state index in [4.69, 9.17) is 5.73 Å². The van der Waals surface area contributed by atoms with E-state index in [0.717, 1.165) is 11.1 Å². The largest absolute Gasteiger partial charge is 0.339 e. The van der Waals surface area contributed by atoms with E-state index < -0.39 is 6.04 Å². The molecule has 162 valence electrons. The lowest BCUT2D eigenvalue weighted by Gasteiger charge is -2.27. The maximum atomic E-state index is 13.1. The number of rotatable bonds is 6. The molecule has 2 aromatic carbocycles. The van der Waals surface area contributed by atoms with E-state index in [-0.39, 0.29) is 42.2 Å². The van der Waals surface area contributed by atoms with Gasteiger partial charge in [0, 0.05) is 31.6 Å². The Bertz CT molecular complexity index is 816. The molecule has 0 bridgehead atoms. The van der Waals surface area contributed by atoms with Crippen LogP contribution >= 0.6 is 12.4 Å². The van der Waals surface area contributed by atoms with Crippen LogP contribution in [0.3, 0.4) is 0 Å². The maximum Gasteiger partial charge on any atom is 0.315 e. The van der Waals surface area contributed by atoms with Crippen molar-refractivity contribution in [1.29, 1.82) is 0 Å². The van der Waals surface area contributed by atoms with Crippen molar-refractivity contribution in [2.75, 3.05) is 13.1 Å². The van der Waals surface area contributed by atoms with Crippen LogP contribution in [0, 0.1) is 5.92 Å². The fourth-order valence-corrected chi connectivity index (χ4v) is 3.74. The first-order chi connectivity index (χ1) is 14.0. The average molecular weight is 431 g/mol. The molecule has 4 N–H and O–H groups in total. The number of carbonyl (C=O) groups excluding carboxylic acids is 2. The van der Waals surface area contributed by atoms with Crippen LogP contribution in [0.4, 0.5) is 4.79 Å². The molecule has 3 rings (SSSR count). The summed E-state index contributed by atoms with van der Waals surface area (Å²) in [6.45, 7) is 5.35. The number of nitrogens with zero attached hydrogens (tertiary/aromatic N) is 1. The van der Waals surface area contributed by atoms with Gasteiger partial charge in [0.2, 0.25) is 5.91 Å². The Balaban J connectivity index is 0.00000320. The third kappa shape index (κ3) is 5.97. The number of hydrogen-bond donors (Lipinski definition) is 3. The summed E-state index contributed by atoms with van der Waals surface area (Å²) in [5.74, 6) is 0.000543. The average Bonchev–Trinajstić information content (AvgIpc) is 3.13. The maximum absolute atomic E-state index is 13.1. The lowest BCUT2D eigenvalue weighted by molar-refractivity contribution is -0.133. The SMILES string of the molecule is CC(C)C(NC(=O)NCc1ccccc1)C(=O)N1C[C@@H](N)[C@H](c2ccccc2)C1.Cl. The topological polar surface area (TPSA) is 87.5 Å². The Morgan fingerprint density at radius 2 is 1.63 bits per heavy atom. The number of hydrogen-bond acceptors (Lipinski definition) is 3. The normalized spacial score (nSPS) is 19.1. The molecule has 1 aliphatic rings. The molecule has 6 nitrogen and oxygen atoms in total. The predicted octanol–water partition coefficient (Wildman–Crippen LogP) is 2.89. The number of benzene rings is 2. The van der Waals surface area contributed by atoms with Crippen molar-refractivity contribution in [3.63, 3.8) is 0 Å². The molecule has 2 aromatic rings. The van der Waals surface area contributed by atoms with E-state index in [1.54, 1.807) is 4.90 Å². The zero-order valence-corrected chi connectivity index (χ0v) is 18.3. The fourth-order valence-electron chi connectivity index (χ4n) is 3.74. The Hall–Kier alpha value is -2.57. The van der Waals surface area contributed by atoms with Crippen LogP contribution in [0.2, 0.25) is 0 Å². The van der Waals surface area contributed by atoms with Gasteiger partial charge < -0.3 is 21.3 Å². The number of likely N-dealkylation sites (tertiary alicyclic amines) is 1. The van der Waals surface area contributed by atoms with E-state index in [0.29, 0.717) is 19.6 Å². The quantitative estimate of drug-likeness (QED) is 0.658. The molecule has 0 saturated carbocycles. The number of carbonyl (C=O) groups is 2. The van der Waals surface area contributed by atoms with Crippen molar-refractivity contribution in [1.82, 2.24) is 15.5 Å². The summed E-state index contributed by atoms with van der Waals surface area (Å²) in [6, 6.07) is 18.7. The molecular weight excluding hydrogens is 400 g/mol. The molecule has 1 fully saturated rings. The zero-order chi connectivity index (χ0) is 20.8. The minimum Gasteiger partial charge on any atom is -0.339 e. The molecule has 1 unspecified atom stereocenters. The standard InChI is InChI=1S/C23H30N4O2.ClH/c1-16(2)21(26-23(29)25-13-17-9-5-3-6-10-17)22(28)27-14-19(20(24)15-27)18-11-7-4-8-12-18;/h3-12,16,19-21H,13-15,24H2,1-2H3,(H2,25,26,29);1H/t19-,20+,21?;/m0./s1. The highest BCUT2D eigenvalue weighted by Crippen LogP contribution is 2.27. The third-order valence-corrected chi connectivity index (χ3v) is 5.42. The highest BCUT2D eigenvalue weighted by molar-refractivity contribution is 5.87. The highest BCUT2D eigenvalue weighted by atomic mass is 35.5. The monoisotopic (exact) mass is 430 g/mol. The van der Waals surface area contributed by atoms with Gasteiger partial charge in [-0.1, -0.05) is 74.5 Å². The highest BCUT2D eigenvalue weighted by Gasteiger charge is 2.37. The van der Waals surface area contributed by atoms with Crippen LogP contribution in [-0.4, -0.2) is 42.0 Å². The van der Waals surface area contributed by atoms with E-state index in [9.17, 15) is 9.59 Å². The third-order valence-electron chi connectivity index (χ3n) is 5.42. The first-order valence-electron chi connectivity index (χ1n) is 10.1. The first kappa shape index (κ1) is 23.7. The number of nitrogens with one attached hydrogen (secondary N) is 2. The van der Waals surface area contributed by atoms with Crippen LogP contribution in [0.1, 0.15) is 30.9 Å². The summed E-state index contributed by atoms with van der Waals surface area (Å²) >= 11 is 0. The molecule has 1 aliphatic heterocycles. The number of urea groups is 1. The second-order valence-electron chi connectivity index (χ2n) is 7.96. The molecule has 0 aromatic heterocycles. The van der Waals surface area contributed by atoms with Crippen molar-refractivity contribution < 1.29 is 9.59 Å². The lowest BCUT2D eigenvalue weighted by atomic mass is 9.95. The fraction of sp³-hybridized carbons (Fsp3) is 0.391. The van der Waals surface area contributed by atoms with Crippen LogP contribution < -0.4 is 16.4 Å². The van der Waals surface area contributed by atoms with Crippen molar-refractivity contribution in [3.8, 4) is 0 Å². The van der Waals surface area contributed by atoms with Crippen LogP contribution in [0.15, 0.2) is 60.7 Å². The second kappa shape index (κ2) is 11.0. The van der Waals surface area contributed by atoms with Crippen molar-refractivity contribution >= 4 is 24.3 Å². The van der Waals surface area contributed by atoms with E-state index in [1.165, 1.54) is 0 Å². The lowest BCUT2D eigenvalue weighted by Crippen LogP contribution is -2.53. The predicted molar refractivity (Wildman–Crippen MR) is 121 cm³/mol. The minimum atomic E-state index is -0.590. The number of halogens is 1. The van der Waals surface area contributed by atoms with Gasteiger partial charge in [-0.25, -0.2) is 4.79 Å². The minimum absolute atomic E-state index is 0. The van der Waals surface area contributed by atoms with Gasteiger partial charge in [-0.2, -0.15) is 0 Å². The first-order valence-corrected chi connectivity index (χ1v) is 10.1. The number of nitrogens with two attached hydrogens (primary N) is 1.